The summed E-state index contributed by atoms with van der Waals surface area (Å²) in [5.41, 5.74) is 4.37. The third-order valence-electron chi connectivity index (χ3n) is 17.7. The second kappa shape index (κ2) is 9.62. The van der Waals surface area contributed by atoms with Crippen molar-refractivity contribution in [1.82, 2.24) is 9.80 Å². The van der Waals surface area contributed by atoms with Crippen LogP contribution < -0.4 is 15.0 Å². The molecule has 9 heterocycles. The monoisotopic (exact) mass is 718 g/mol. The Morgan fingerprint density at radius 1 is 0.887 bits per heavy atom. The minimum absolute atomic E-state index is 0.00339. The molecule has 10 nitrogen and oxygen atoms in total. The van der Waals surface area contributed by atoms with Gasteiger partial charge < -0.3 is 34.3 Å². The van der Waals surface area contributed by atoms with Crippen LogP contribution in [0.1, 0.15) is 62.5 Å². The van der Waals surface area contributed by atoms with Crippen molar-refractivity contribution in [2.45, 2.75) is 92.2 Å². The quantitative estimate of drug-likeness (QED) is 0.441. The summed E-state index contributed by atoms with van der Waals surface area (Å²) in [5.74, 6) is 0.674. The molecule has 7 saturated heterocycles. The number of hydrogen-bond acceptors (Lipinski definition) is 10. The lowest BCUT2D eigenvalue weighted by Crippen LogP contribution is -2.81. The Bertz CT molecular complexity index is 2060. The van der Waals surface area contributed by atoms with Gasteiger partial charge in [0.1, 0.15) is 5.75 Å². The zero-order chi connectivity index (χ0) is 35.3. The summed E-state index contributed by atoms with van der Waals surface area (Å²) in [6.07, 6.45) is 7.62. The summed E-state index contributed by atoms with van der Waals surface area (Å²) < 4.78 is 25.8. The zero-order valence-corrected chi connectivity index (χ0v) is 30.9. The van der Waals surface area contributed by atoms with Crippen LogP contribution >= 0.6 is 0 Å². The van der Waals surface area contributed by atoms with Crippen LogP contribution in [0.25, 0.3) is 0 Å². The van der Waals surface area contributed by atoms with Crippen LogP contribution in [0.5, 0.6) is 5.75 Å². The summed E-state index contributed by atoms with van der Waals surface area (Å²) in [5, 5.41) is 17.8. The number of anilines is 2. The van der Waals surface area contributed by atoms with Gasteiger partial charge >= 0.3 is 5.97 Å². The first-order valence-corrected chi connectivity index (χ1v) is 20.4. The first-order valence-electron chi connectivity index (χ1n) is 20.4. The standard InChI is InChI=1S/C43H50N4O6/c1-50-30-9-5-7-28-32(30)47-24-38(20-25-21-39-13-18-52-31(39)10-15-45-17-12-42(28,36(39)45)43(25,47)49)23-46-16-11-41-27-6-3-4-8-29(27)44-33(41)26(34(48)51-2)22-40(35(41)46)14-19-53-37(38)40/h3-9,25,31,35-37,44,49H,10-24H2,1-2H3/t25-,31-,35+,36-,37+,38+,39-,40-,41-,42+,43+/m1/s1. The number of piperidine rings is 3. The topological polar surface area (TPSA) is 96.0 Å². The Morgan fingerprint density at radius 2 is 1.72 bits per heavy atom. The second-order valence-corrected chi connectivity index (χ2v) is 18.9. The van der Waals surface area contributed by atoms with E-state index in [1.807, 2.05) is 0 Å². The van der Waals surface area contributed by atoms with E-state index in [4.69, 9.17) is 18.9 Å². The maximum absolute atomic E-state index is 14.0. The molecule has 53 heavy (non-hydrogen) atoms. The van der Waals surface area contributed by atoms with Crippen molar-refractivity contribution in [2.75, 3.05) is 70.4 Å². The molecule has 13 rings (SSSR count). The van der Waals surface area contributed by atoms with Crippen LogP contribution in [0.2, 0.25) is 0 Å². The molecule has 0 unspecified atom stereocenters. The number of hydrogen-bond donors (Lipinski definition) is 2. The maximum atomic E-state index is 14.0. The Kier molecular flexibility index (Phi) is 5.64. The van der Waals surface area contributed by atoms with E-state index in [1.165, 1.54) is 18.2 Å². The number of nitrogens with one attached hydrogen (secondary N) is 1. The van der Waals surface area contributed by atoms with E-state index in [0.29, 0.717) is 19.6 Å². The van der Waals surface area contributed by atoms with Crippen LogP contribution in [-0.4, -0.2) is 111 Å². The highest BCUT2D eigenvalue weighted by molar-refractivity contribution is 5.93. The van der Waals surface area contributed by atoms with Crippen molar-refractivity contribution in [3.63, 3.8) is 0 Å². The van der Waals surface area contributed by atoms with Gasteiger partial charge in [-0.3, -0.25) is 9.80 Å². The Balaban J connectivity index is 1.02. The number of esters is 1. The van der Waals surface area contributed by atoms with Crippen molar-refractivity contribution in [1.29, 1.82) is 0 Å². The van der Waals surface area contributed by atoms with E-state index < -0.39 is 11.1 Å². The average Bonchev–Trinajstić information content (AvgIpc) is 4.02. The molecule has 9 aliphatic heterocycles. The van der Waals surface area contributed by atoms with Gasteiger partial charge in [0.15, 0.2) is 5.72 Å². The summed E-state index contributed by atoms with van der Waals surface area (Å²) in [4.78, 5) is 22.0. The van der Waals surface area contributed by atoms with E-state index in [0.717, 1.165) is 106 Å². The van der Waals surface area contributed by atoms with E-state index >= 15 is 0 Å². The summed E-state index contributed by atoms with van der Waals surface area (Å²) in [6, 6.07) is 15.8. The van der Waals surface area contributed by atoms with Gasteiger partial charge in [0.25, 0.3) is 0 Å². The molecule has 278 valence electrons. The average molecular weight is 719 g/mol. The predicted octanol–water partition coefficient (Wildman–Crippen LogP) is 4.16. The number of ether oxygens (including phenoxy) is 4. The van der Waals surface area contributed by atoms with Crippen LogP contribution in [0, 0.1) is 22.2 Å². The molecule has 0 bridgehead atoms. The van der Waals surface area contributed by atoms with Crippen molar-refractivity contribution in [3.05, 3.63) is 64.9 Å². The third-order valence-corrected chi connectivity index (χ3v) is 17.7. The highest BCUT2D eigenvalue weighted by Crippen LogP contribution is 2.77. The molecule has 1 saturated carbocycles. The van der Waals surface area contributed by atoms with E-state index in [-0.39, 0.29) is 57.8 Å². The SMILES string of the molecule is COC(=O)C1=C2Nc3ccccc3[C@]23CCN2C[C@]4(C[C@@H]5C[C@]67CCO[C@@H]6CCN6CC[C@]8(c9cccc(OC)c9N(C4)[C@]58O)[C@H]67)[C@@H]4OCC[C@@]4(C1)[C@H]23. The summed E-state index contributed by atoms with van der Waals surface area (Å²) in [6.45, 7) is 6.12. The predicted molar refractivity (Wildman–Crippen MR) is 196 cm³/mol. The van der Waals surface area contributed by atoms with Gasteiger partial charge in [0.2, 0.25) is 0 Å². The number of aliphatic hydroxyl groups is 1. The number of nitrogens with zero attached hydrogens (tertiary/aromatic N) is 3. The Hall–Kier alpha value is -3.15. The third kappa shape index (κ3) is 3.07. The molecular weight excluding hydrogens is 668 g/mol. The molecule has 10 heteroatoms. The normalized spacial score (nSPS) is 47.6. The molecule has 11 atom stereocenters. The molecule has 8 fully saturated rings. The Labute approximate surface area is 310 Å². The lowest BCUT2D eigenvalue weighted by Gasteiger charge is -2.70. The number of para-hydroxylation sites is 2. The smallest absolute Gasteiger partial charge is 0.335 e. The molecule has 2 aromatic rings. The lowest BCUT2D eigenvalue weighted by molar-refractivity contribution is -0.232. The van der Waals surface area contributed by atoms with Gasteiger partial charge in [0, 0.05) is 78.5 Å². The summed E-state index contributed by atoms with van der Waals surface area (Å²) >= 11 is 0. The van der Waals surface area contributed by atoms with Crippen LogP contribution in [-0.2, 0) is 29.8 Å². The van der Waals surface area contributed by atoms with Gasteiger partial charge in [-0.15, -0.1) is 0 Å². The van der Waals surface area contributed by atoms with E-state index in [1.54, 1.807) is 7.11 Å². The second-order valence-electron chi connectivity index (χ2n) is 18.9. The number of carbonyl (C=O) groups excluding carboxylic acids is 1. The molecule has 0 aromatic heterocycles. The molecule has 5 spiro atoms. The minimum atomic E-state index is -1.04. The van der Waals surface area contributed by atoms with Crippen LogP contribution in [0.3, 0.4) is 0 Å². The van der Waals surface area contributed by atoms with Crippen LogP contribution in [0.4, 0.5) is 11.4 Å². The lowest BCUT2D eigenvalue weighted by atomic mass is 9.43. The molecule has 2 N–H and O–H groups in total. The van der Waals surface area contributed by atoms with Crippen molar-refractivity contribution >= 4 is 17.3 Å². The number of carbonyl (C=O) groups is 1. The number of fused-ring (bicyclic) bond motifs is 4. The molecule has 0 radical (unpaired) electrons. The molecule has 11 aliphatic rings. The van der Waals surface area contributed by atoms with Gasteiger partial charge in [-0.1, -0.05) is 30.3 Å². The number of methoxy groups -OCH3 is 2. The Morgan fingerprint density at radius 3 is 2.60 bits per heavy atom. The van der Waals surface area contributed by atoms with Gasteiger partial charge in [-0.05, 0) is 87.7 Å². The highest BCUT2D eigenvalue weighted by Gasteiger charge is 2.83. The first kappa shape index (κ1) is 31.1. The number of benzene rings is 2. The molecular formula is C43H50N4O6. The van der Waals surface area contributed by atoms with Crippen LogP contribution in [0.15, 0.2) is 53.7 Å². The summed E-state index contributed by atoms with van der Waals surface area (Å²) in [7, 11) is 3.32. The van der Waals surface area contributed by atoms with Crippen molar-refractivity contribution < 1.29 is 28.8 Å². The van der Waals surface area contributed by atoms with E-state index in [2.05, 4.69) is 62.5 Å². The van der Waals surface area contributed by atoms with E-state index in [9.17, 15) is 9.90 Å². The van der Waals surface area contributed by atoms with Crippen molar-refractivity contribution in [2.24, 2.45) is 22.2 Å². The number of rotatable bonds is 2. The fraction of sp³-hybridized carbons (Fsp3) is 0.651. The fourth-order valence-corrected chi connectivity index (χ4v) is 16.8. The molecule has 2 aromatic carbocycles. The van der Waals surface area contributed by atoms with Gasteiger partial charge in [0.05, 0.1) is 48.5 Å². The molecule has 2 aliphatic carbocycles. The maximum Gasteiger partial charge on any atom is 0.335 e. The zero-order valence-electron chi connectivity index (χ0n) is 30.9. The van der Waals surface area contributed by atoms with Gasteiger partial charge in [-0.2, -0.15) is 0 Å². The van der Waals surface area contributed by atoms with Crippen molar-refractivity contribution in [3.8, 4) is 5.75 Å². The molecule has 0 amide bonds. The fourth-order valence-electron chi connectivity index (χ4n) is 16.8. The highest BCUT2D eigenvalue weighted by atomic mass is 16.5. The first-order chi connectivity index (χ1) is 25.8. The largest absolute Gasteiger partial charge is 0.495 e. The minimum Gasteiger partial charge on any atom is -0.495 e. The van der Waals surface area contributed by atoms with Gasteiger partial charge in [-0.25, -0.2) is 4.79 Å².